The van der Waals surface area contributed by atoms with Crippen LogP contribution in [0.3, 0.4) is 0 Å². The molecule has 0 aliphatic carbocycles. The van der Waals surface area contributed by atoms with Crippen molar-refractivity contribution in [1.82, 2.24) is 5.32 Å². The number of hydrogen-bond acceptors (Lipinski definition) is 3. The molecule has 88 valence electrons. The van der Waals surface area contributed by atoms with Crippen molar-refractivity contribution in [2.75, 3.05) is 0 Å². The number of carboxylic acids is 2. The molecule has 5 nitrogen and oxygen atoms in total. The third-order valence-corrected chi connectivity index (χ3v) is 2.19. The summed E-state index contributed by atoms with van der Waals surface area (Å²) in [5.41, 5.74) is 0. The highest BCUT2D eigenvalue weighted by Gasteiger charge is 2.22. The standard InChI is InChI=1S/C10H19NO4/c1-6(2)9(10(14)15)11-7(3)4-5-8(12)13/h6-7,9,11H,4-5H2,1-3H3,(H,12,13)(H,14,15). The van der Waals surface area contributed by atoms with Crippen molar-refractivity contribution in [2.45, 2.75) is 45.7 Å². The molecule has 2 unspecified atom stereocenters. The van der Waals surface area contributed by atoms with Crippen LogP contribution in [-0.2, 0) is 9.59 Å². The lowest BCUT2D eigenvalue weighted by Crippen LogP contribution is -2.45. The van der Waals surface area contributed by atoms with E-state index in [2.05, 4.69) is 5.32 Å². The van der Waals surface area contributed by atoms with Crippen LogP contribution in [0.25, 0.3) is 0 Å². The molecule has 0 radical (unpaired) electrons. The summed E-state index contributed by atoms with van der Waals surface area (Å²) in [7, 11) is 0. The van der Waals surface area contributed by atoms with Crippen LogP contribution in [0.1, 0.15) is 33.6 Å². The van der Waals surface area contributed by atoms with Crippen LogP contribution in [0.4, 0.5) is 0 Å². The van der Waals surface area contributed by atoms with Gasteiger partial charge < -0.3 is 15.5 Å². The van der Waals surface area contributed by atoms with Crippen LogP contribution in [0, 0.1) is 5.92 Å². The van der Waals surface area contributed by atoms with Crippen LogP contribution in [0.15, 0.2) is 0 Å². The van der Waals surface area contributed by atoms with Gasteiger partial charge in [-0.1, -0.05) is 13.8 Å². The van der Waals surface area contributed by atoms with E-state index < -0.39 is 18.0 Å². The Bertz CT molecular complexity index is 227. The molecule has 0 aromatic heterocycles. The zero-order valence-corrected chi connectivity index (χ0v) is 9.36. The third-order valence-electron chi connectivity index (χ3n) is 2.19. The normalized spacial score (nSPS) is 14.9. The maximum atomic E-state index is 10.8. The molecule has 0 bridgehead atoms. The van der Waals surface area contributed by atoms with Gasteiger partial charge >= 0.3 is 11.9 Å². The minimum absolute atomic E-state index is 0.0187. The number of aliphatic carboxylic acids is 2. The quantitative estimate of drug-likeness (QED) is 0.590. The van der Waals surface area contributed by atoms with E-state index in [4.69, 9.17) is 10.2 Å². The Hall–Kier alpha value is -1.10. The molecule has 0 heterocycles. The summed E-state index contributed by atoms with van der Waals surface area (Å²) in [6.45, 7) is 5.42. The fourth-order valence-electron chi connectivity index (χ4n) is 1.28. The molecular weight excluding hydrogens is 198 g/mol. The highest BCUT2D eigenvalue weighted by molar-refractivity contribution is 5.73. The van der Waals surface area contributed by atoms with Crippen molar-refractivity contribution in [3.05, 3.63) is 0 Å². The molecule has 15 heavy (non-hydrogen) atoms. The number of hydrogen-bond donors (Lipinski definition) is 3. The lowest BCUT2D eigenvalue weighted by molar-refractivity contribution is -0.140. The van der Waals surface area contributed by atoms with Crippen molar-refractivity contribution in [1.29, 1.82) is 0 Å². The van der Waals surface area contributed by atoms with Gasteiger partial charge in [-0.3, -0.25) is 9.59 Å². The Morgan fingerprint density at radius 3 is 2.07 bits per heavy atom. The Morgan fingerprint density at radius 1 is 1.20 bits per heavy atom. The fraction of sp³-hybridized carbons (Fsp3) is 0.800. The molecule has 0 amide bonds. The number of carboxylic acid groups (broad SMARTS) is 2. The summed E-state index contributed by atoms with van der Waals surface area (Å²) in [5, 5.41) is 20.3. The van der Waals surface area contributed by atoms with Crippen molar-refractivity contribution >= 4 is 11.9 Å². The number of carbonyl (C=O) groups is 2. The molecular formula is C10H19NO4. The average Bonchev–Trinajstić information content (AvgIpc) is 2.09. The molecule has 0 spiro atoms. The summed E-state index contributed by atoms with van der Waals surface area (Å²) < 4.78 is 0. The predicted octanol–water partition coefficient (Wildman–Crippen LogP) is 0.938. The van der Waals surface area contributed by atoms with E-state index in [1.165, 1.54) is 0 Å². The minimum atomic E-state index is -0.896. The van der Waals surface area contributed by atoms with Gasteiger partial charge in [0.2, 0.25) is 0 Å². The molecule has 3 N–H and O–H groups in total. The van der Waals surface area contributed by atoms with E-state index in [-0.39, 0.29) is 18.4 Å². The second-order valence-electron chi connectivity index (χ2n) is 4.06. The first-order chi connectivity index (χ1) is 6.84. The van der Waals surface area contributed by atoms with Crippen molar-refractivity contribution in [3.8, 4) is 0 Å². The summed E-state index contributed by atoms with van der Waals surface area (Å²) in [4.78, 5) is 21.1. The fourth-order valence-corrected chi connectivity index (χ4v) is 1.28. The van der Waals surface area contributed by atoms with Gasteiger partial charge in [0.1, 0.15) is 6.04 Å². The van der Waals surface area contributed by atoms with E-state index in [0.29, 0.717) is 6.42 Å². The zero-order valence-electron chi connectivity index (χ0n) is 9.36. The maximum Gasteiger partial charge on any atom is 0.320 e. The summed E-state index contributed by atoms with van der Waals surface area (Å²) in [6, 6.07) is -0.724. The number of rotatable bonds is 7. The number of nitrogens with one attached hydrogen (secondary N) is 1. The second-order valence-corrected chi connectivity index (χ2v) is 4.06. The Kier molecular flexibility index (Phi) is 5.93. The van der Waals surface area contributed by atoms with Gasteiger partial charge in [0, 0.05) is 12.5 Å². The molecule has 2 atom stereocenters. The van der Waals surface area contributed by atoms with E-state index in [9.17, 15) is 9.59 Å². The van der Waals surface area contributed by atoms with Gasteiger partial charge in [-0.15, -0.1) is 0 Å². The van der Waals surface area contributed by atoms with Gasteiger partial charge in [-0.25, -0.2) is 0 Å². The van der Waals surface area contributed by atoms with Gasteiger partial charge in [0.15, 0.2) is 0 Å². The maximum absolute atomic E-state index is 10.8. The van der Waals surface area contributed by atoms with Gasteiger partial charge in [-0.2, -0.15) is 0 Å². The average molecular weight is 217 g/mol. The van der Waals surface area contributed by atoms with Gasteiger partial charge in [0.25, 0.3) is 0 Å². The lowest BCUT2D eigenvalue weighted by Gasteiger charge is -2.22. The van der Waals surface area contributed by atoms with Crippen LogP contribution >= 0.6 is 0 Å². The highest BCUT2D eigenvalue weighted by atomic mass is 16.4. The first-order valence-electron chi connectivity index (χ1n) is 5.05. The van der Waals surface area contributed by atoms with Crippen molar-refractivity contribution in [3.63, 3.8) is 0 Å². The second kappa shape index (κ2) is 6.40. The lowest BCUT2D eigenvalue weighted by atomic mass is 10.0. The zero-order chi connectivity index (χ0) is 12.0. The monoisotopic (exact) mass is 217 g/mol. The molecule has 5 heteroatoms. The molecule has 0 fully saturated rings. The summed E-state index contributed by atoms with van der Waals surface area (Å²) >= 11 is 0. The van der Waals surface area contributed by atoms with E-state index >= 15 is 0 Å². The van der Waals surface area contributed by atoms with E-state index in [1.807, 2.05) is 13.8 Å². The molecule has 0 aliphatic rings. The van der Waals surface area contributed by atoms with Gasteiger partial charge in [-0.05, 0) is 19.3 Å². The first-order valence-corrected chi connectivity index (χ1v) is 5.05. The molecule has 0 saturated heterocycles. The topological polar surface area (TPSA) is 86.6 Å². The SMILES string of the molecule is CC(CCC(=O)O)NC(C(=O)O)C(C)C. The Balaban J connectivity index is 4.06. The molecule has 0 aromatic rings. The first kappa shape index (κ1) is 13.9. The molecule has 0 saturated carbocycles. The Morgan fingerprint density at radius 2 is 1.73 bits per heavy atom. The highest BCUT2D eigenvalue weighted by Crippen LogP contribution is 2.05. The van der Waals surface area contributed by atoms with Crippen molar-refractivity contribution < 1.29 is 19.8 Å². The van der Waals surface area contributed by atoms with E-state index in [0.717, 1.165) is 0 Å². The van der Waals surface area contributed by atoms with Crippen LogP contribution in [-0.4, -0.2) is 34.2 Å². The van der Waals surface area contributed by atoms with Crippen LogP contribution < -0.4 is 5.32 Å². The molecule has 0 aromatic carbocycles. The van der Waals surface area contributed by atoms with E-state index in [1.54, 1.807) is 6.92 Å². The molecule has 0 rings (SSSR count). The smallest absolute Gasteiger partial charge is 0.320 e. The largest absolute Gasteiger partial charge is 0.481 e. The van der Waals surface area contributed by atoms with Crippen molar-refractivity contribution in [2.24, 2.45) is 5.92 Å². The van der Waals surface area contributed by atoms with Crippen LogP contribution in [0.5, 0.6) is 0 Å². The third kappa shape index (κ3) is 6.06. The summed E-state index contributed by atoms with van der Waals surface area (Å²) in [5.74, 6) is -1.78. The predicted molar refractivity (Wildman–Crippen MR) is 55.7 cm³/mol. The van der Waals surface area contributed by atoms with Crippen LogP contribution in [0.2, 0.25) is 0 Å². The molecule has 0 aliphatic heterocycles. The summed E-state index contributed by atoms with van der Waals surface area (Å²) in [6.07, 6.45) is 0.491. The Labute approximate surface area is 89.5 Å². The van der Waals surface area contributed by atoms with Gasteiger partial charge in [0.05, 0.1) is 0 Å². The minimum Gasteiger partial charge on any atom is -0.481 e.